The smallest absolute Gasteiger partial charge is 0.181 e. The molecule has 0 aliphatic heterocycles. The molecule has 0 spiro atoms. The van der Waals surface area contributed by atoms with Gasteiger partial charge in [0.05, 0.1) is 17.3 Å². The minimum Gasteiger partial charge on any atom is -0.448 e. The fourth-order valence-electron chi connectivity index (χ4n) is 4.56. The number of rotatable bonds is 4. The molecule has 0 fully saturated rings. The third-order valence-electron chi connectivity index (χ3n) is 6.28. The van der Waals surface area contributed by atoms with E-state index >= 15 is 0 Å². The lowest BCUT2D eigenvalue weighted by atomic mass is 9.69. The topological polar surface area (TPSA) is 62.7 Å². The molecule has 1 aromatic carbocycles. The molecule has 4 heteroatoms. The molecule has 4 rings (SSSR count). The highest BCUT2D eigenvalue weighted by atomic mass is 16.3. The van der Waals surface area contributed by atoms with E-state index in [1.807, 2.05) is 30.5 Å². The molecule has 1 aliphatic rings. The lowest BCUT2D eigenvalue weighted by molar-refractivity contribution is 0.209. The number of hydrogen-bond acceptors (Lipinski definition) is 4. The number of nitrogens with zero attached hydrogens (tertiary/aromatic N) is 3. The summed E-state index contributed by atoms with van der Waals surface area (Å²) in [5.74, 6) is 2.99. The van der Waals surface area contributed by atoms with Gasteiger partial charge in [0, 0.05) is 28.9 Å². The summed E-state index contributed by atoms with van der Waals surface area (Å²) < 4.78 is 5.79. The fraction of sp³-hybridized carbons (Fsp3) is 0.375. The van der Waals surface area contributed by atoms with Gasteiger partial charge in [-0.15, -0.1) is 0 Å². The first kappa shape index (κ1) is 18.4. The number of oxazole rings is 1. The van der Waals surface area contributed by atoms with Crippen molar-refractivity contribution in [3.05, 3.63) is 71.7 Å². The Morgan fingerprint density at radius 3 is 2.75 bits per heavy atom. The zero-order valence-electron chi connectivity index (χ0n) is 16.6. The molecule has 1 unspecified atom stereocenters. The van der Waals surface area contributed by atoms with Crippen molar-refractivity contribution >= 4 is 0 Å². The zero-order valence-corrected chi connectivity index (χ0v) is 16.6. The molecule has 0 bridgehead atoms. The third-order valence-corrected chi connectivity index (χ3v) is 6.28. The van der Waals surface area contributed by atoms with E-state index in [9.17, 15) is 5.26 Å². The molecule has 0 N–H and O–H groups in total. The maximum absolute atomic E-state index is 9.32. The molecule has 142 valence electrons. The zero-order chi connectivity index (χ0) is 19.7. The van der Waals surface area contributed by atoms with Crippen molar-refractivity contribution in [1.82, 2.24) is 9.97 Å². The number of aromatic nitrogens is 2. The highest BCUT2D eigenvalue weighted by Crippen LogP contribution is 2.44. The number of nitriles is 1. The quantitative estimate of drug-likeness (QED) is 0.616. The summed E-state index contributed by atoms with van der Waals surface area (Å²) in [7, 11) is 0. The van der Waals surface area contributed by atoms with E-state index in [1.54, 1.807) is 6.39 Å². The Morgan fingerprint density at radius 1 is 1.18 bits per heavy atom. The molecule has 4 atom stereocenters. The summed E-state index contributed by atoms with van der Waals surface area (Å²) in [6, 6.07) is 14.0. The van der Waals surface area contributed by atoms with Crippen molar-refractivity contribution in [1.29, 1.82) is 5.26 Å². The van der Waals surface area contributed by atoms with Crippen molar-refractivity contribution in [2.75, 3.05) is 0 Å². The third kappa shape index (κ3) is 3.33. The first-order valence-electron chi connectivity index (χ1n) is 9.95. The normalized spacial score (nSPS) is 22.3. The highest BCUT2D eigenvalue weighted by Gasteiger charge is 2.38. The summed E-state index contributed by atoms with van der Waals surface area (Å²) in [5, 5.41) is 9.32. The van der Waals surface area contributed by atoms with Crippen molar-refractivity contribution in [2.24, 2.45) is 17.8 Å². The Balaban J connectivity index is 1.55. The number of pyridine rings is 1. The van der Waals surface area contributed by atoms with Crippen molar-refractivity contribution in [3.63, 3.8) is 0 Å². The largest absolute Gasteiger partial charge is 0.448 e. The molecule has 28 heavy (non-hydrogen) atoms. The molecule has 3 aromatic rings. The maximum atomic E-state index is 9.32. The molecule has 2 heterocycles. The standard InChI is InChI=1S/C24H25N3O/c1-15-11-22-24(28-14-27-22)23(17(15)3)16(2)10-20-9-8-19(13-26-20)21-7-5-4-6-18(21)12-25/h4-9,13-17,23H,10-11H2,1-3H3/t15-,16?,17+,23-/m0/s1. The van der Waals surface area contributed by atoms with Gasteiger partial charge in [0.2, 0.25) is 0 Å². The van der Waals surface area contributed by atoms with Gasteiger partial charge in [-0.1, -0.05) is 45.0 Å². The molecule has 4 nitrogen and oxygen atoms in total. The van der Waals surface area contributed by atoms with Crippen LogP contribution in [0.15, 0.2) is 53.4 Å². The summed E-state index contributed by atoms with van der Waals surface area (Å²) in [6.07, 6.45) is 5.36. The van der Waals surface area contributed by atoms with E-state index < -0.39 is 0 Å². The average Bonchev–Trinajstić information content (AvgIpc) is 3.17. The van der Waals surface area contributed by atoms with Crippen LogP contribution in [0.3, 0.4) is 0 Å². The van der Waals surface area contributed by atoms with Crippen molar-refractivity contribution < 1.29 is 4.42 Å². The molecule has 0 radical (unpaired) electrons. The lowest BCUT2D eigenvalue weighted by Gasteiger charge is -2.36. The Hall–Kier alpha value is -2.93. The van der Waals surface area contributed by atoms with Gasteiger partial charge in [0.1, 0.15) is 5.76 Å². The Kier molecular flexibility index (Phi) is 5.00. The van der Waals surface area contributed by atoms with Crippen molar-refractivity contribution in [3.8, 4) is 17.2 Å². The van der Waals surface area contributed by atoms with Gasteiger partial charge in [-0.05, 0) is 42.7 Å². The van der Waals surface area contributed by atoms with E-state index in [0.29, 0.717) is 29.2 Å². The van der Waals surface area contributed by atoms with Gasteiger partial charge < -0.3 is 4.42 Å². The van der Waals surface area contributed by atoms with Crippen LogP contribution < -0.4 is 0 Å². The Bertz CT molecular complexity index is 999. The van der Waals surface area contributed by atoms with E-state index in [0.717, 1.165) is 41.1 Å². The van der Waals surface area contributed by atoms with Gasteiger partial charge in [0.15, 0.2) is 6.39 Å². The van der Waals surface area contributed by atoms with Crippen LogP contribution >= 0.6 is 0 Å². The first-order valence-corrected chi connectivity index (χ1v) is 9.95. The summed E-state index contributed by atoms with van der Waals surface area (Å²) in [5.41, 5.74) is 4.77. The Morgan fingerprint density at radius 2 is 2.00 bits per heavy atom. The van der Waals surface area contributed by atoms with Crippen LogP contribution in [0, 0.1) is 29.1 Å². The predicted molar refractivity (Wildman–Crippen MR) is 109 cm³/mol. The molecule has 0 saturated heterocycles. The number of hydrogen-bond donors (Lipinski definition) is 0. The van der Waals surface area contributed by atoms with Crippen molar-refractivity contribution in [2.45, 2.75) is 39.5 Å². The lowest BCUT2D eigenvalue weighted by Crippen LogP contribution is -2.30. The maximum Gasteiger partial charge on any atom is 0.181 e. The van der Waals surface area contributed by atoms with E-state index in [4.69, 9.17) is 9.40 Å². The minimum atomic E-state index is 0.363. The fourth-order valence-corrected chi connectivity index (χ4v) is 4.56. The van der Waals surface area contributed by atoms with Crippen LogP contribution in [-0.4, -0.2) is 9.97 Å². The van der Waals surface area contributed by atoms with Crippen LogP contribution in [0.2, 0.25) is 0 Å². The molecule has 0 amide bonds. The monoisotopic (exact) mass is 371 g/mol. The van der Waals surface area contributed by atoms with Crippen LogP contribution in [-0.2, 0) is 12.8 Å². The minimum absolute atomic E-state index is 0.363. The summed E-state index contributed by atoms with van der Waals surface area (Å²) in [4.78, 5) is 9.13. The van der Waals surface area contributed by atoms with Crippen LogP contribution in [0.5, 0.6) is 0 Å². The average molecular weight is 371 g/mol. The second-order valence-corrected chi connectivity index (χ2v) is 8.11. The Labute approximate surface area is 166 Å². The number of benzene rings is 1. The van der Waals surface area contributed by atoms with E-state index in [2.05, 4.69) is 44.0 Å². The molecular formula is C24H25N3O. The van der Waals surface area contributed by atoms with E-state index in [-0.39, 0.29) is 0 Å². The van der Waals surface area contributed by atoms with Gasteiger partial charge in [0.25, 0.3) is 0 Å². The molecule has 0 saturated carbocycles. The van der Waals surface area contributed by atoms with Crippen LogP contribution in [0.4, 0.5) is 0 Å². The number of fused-ring (bicyclic) bond motifs is 1. The molecular weight excluding hydrogens is 346 g/mol. The van der Waals surface area contributed by atoms with Crippen LogP contribution in [0.25, 0.3) is 11.1 Å². The summed E-state index contributed by atoms with van der Waals surface area (Å²) in [6.45, 7) is 6.92. The molecule has 1 aliphatic carbocycles. The first-order chi connectivity index (χ1) is 13.6. The second-order valence-electron chi connectivity index (χ2n) is 8.11. The highest BCUT2D eigenvalue weighted by molar-refractivity contribution is 5.69. The van der Waals surface area contributed by atoms with Gasteiger partial charge in [-0.2, -0.15) is 5.26 Å². The SMILES string of the molecule is CC(Cc1ccc(-c2ccccc2C#N)cn1)[C@@H]1c2ocnc2C[C@H](C)[C@H]1C. The van der Waals surface area contributed by atoms with Gasteiger partial charge in [-0.3, -0.25) is 4.98 Å². The summed E-state index contributed by atoms with van der Waals surface area (Å²) >= 11 is 0. The molecule has 2 aromatic heterocycles. The van der Waals surface area contributed by atoms with Crippen LogP contribution in [0.1, 0.15) is 49.4 Å². The van der Waals surface area contributed by atoms with Gasteiger partial charge >= 0.3 is 0 Å². The predicted octanol–water partition coefficient (Wildman–Crippen LogP) is 5.40. The second kappa shape index (κ2) is 7.59. The van der Waals surface area contributed by atoms with Gasteiger partial charge in [-0.25, -0.2) is 4.98 Å². The van der Waals surface area contributed by atoms with E-state index in [1.165, 1.54) is 0 Å².